The summed E-state index contributed by atoms with van der Waals surface area (Å²) in [5, 5.41) is 6.17. The number of nitrogens with two attached hydrogens (primary N) is 1. The number of nitrogens with one attached hydrogen (secondary N) is 2. The second-order valence-corrected chi connectivity index (χ2v) is 7.53. The lowest BCUT2D eigenvalue weighted by Crippen LogP contribution is -2.37. The lowest BCUT2D eigenvalue weighted by Gasteiger charge is -2.20. The summed E-state index contributed by atoms with van der Waals surface area (Å²) in [6.45, 7) is 1.87. The van der Waals surface area contributed by atoms with Gasteiger partial charge in [0, 0.05) is 5.02 Å². The molecule has 0 heterocycles. The van der Waals surface area contributed by atoms with E-state index in [1.807, 2.05) is 55.5 Å². The molecule has 0 saturated heterocycles. The number of carbonyl (C=O) groups is 2. The molecular weight excluding hydrogens is 414 g/mol. The maximum atomic E-state index is 12.7. The zero-order chi connectivity index (χ0) is 22.2. The fourth-order valence-electron chi connectivity index (χ4n) is 3.19. The normalized spacial score (nSPS) is 12.5. The molecule has 3 aromatic rings. The van der Waals surface area contributed by atoms with E-state index >= 15 is 0 Å². The summed E-state index contributed by atoms with van der Waals surface area (Å²) in [5.41, 5.74) is 6.94. The fraction of sp³-hybridized carbons (Fsp3) is 0.167. The van der Waals surface area contributed by atoms with Gasteiger partial charge in [-0.15, -0.1) is 0 Å². The van der Waals surface area contributed by atoms with Gasteiger partial charge in [-0.1, -0.05) is 54.1 Å². The number of halogens is 1. The quantitative estimate of drug-likeness (QED) is 0.457. The van der Waals surface area contributed by atoms with Crippen molar-refractivity contribution in [3.05, 3.63) is 95.0 Å². The lowest BCUT2D eigenvalue weighted by molar-refractivity contribution is -0.122. The van der Waals surface area contributed by atoms with Gasteiger partial charge in [-0.05, 0) is 54.4 Å². The molecule has 4 N–H and O–H groups in total. The van der Waals surface area contributed by atoms with Gasteiger partial charge in [-0.25, -0.2) is 4.79 Å². The third-order valence-electron chi connectivity index (χ3n) is 4.67. The summed E-state index contributed by atoms with van der Waals surface area (Å²) >= 11 is 6.03. The van der Waals surface area contributed by atoms with Crippen molar-refractivity contribution in [2.75, 3.05) is 0 Å². The summed E-state index contributed by atoms with van der Waals surface area (Å²) in [6.07, 6.45) is 0.0165. The van der Waals surface area contributed by atoms with E-state index in [9.17, 15) is 9.59 Å². The smallest absolute Gasteiger partial charge is 0.312 e. The van der Waals surface area contributed by atoms with Gasteiger partial charge in [0.1, 0.15) is 11.5 Å². The summed E-state index contributed by atoms with van der Waals surface area (Å²) in [4.78, 5) is 24.2. The second kappa shape index (κ2) is 10.5. The Morgan fingerprint density at radius 2 is 1.58 bits per heavy atom. The number of para-hydroxylation sites is 1. The largest absolute Gasteiger partial charge is 0.457 e. The van der Waals surface area contributed by atoms with Crippen molar-refractivity contribution < 1.29 is 14.3 Å². The maximum Gasteiger partial charge on any atom is 0.312 e. The molecule has 3 amide bonds. The average molecular weight is 438 g/mol. The zero-order valence-corrected chi connectivity index (χ0v) is 17.8. The Hall–Kier alpha value is -3.51. The van der Waals surface area contributed by atoms with Crippen molar-refractivity contribution in [3.8, 4) is 11.5 Å². The van der Waals surface area contributed by atoms with Crippen molar-refractivity contribution in [1.82, 2.24) is 10.6 Å². The van der Waals surface area contributed by atoms with Crippen LogP contribution in [0.4, 0.5) is 4.79 Å². The molecule has 0 aromatic heterocycles. The highest BCUT2D eigenvalue weighted by Crippen LogP contribution is 2.26. The number of benzene rings is 3. The first-order valence-corrected chi connectivity index (χ1v) is 10.2. The van der Waals surface area contributed by atoms with Crippen LogP contribution in [0.2, 0.25) is 5.02 Å². The van der Waals surface area contributed by atoms with Crippen LogP contribution in [0.3, 0.4) is 0 Å². The number of rotatable bonds is 8. The molecule has 0 saturated carbocycles. The number of carbonyl (C=O) groups excluding carboxylic acids is 2. The Kier molecular flexibility index (Phi) is 7.51. The van der Waals surface area contributed by atoms with Crippen LogP contribution in [0, 0.1) is 0 Å². The molecule has 3 rings (SSSR count). The minimum Gasteiger partial charge on any atom is -0.457 e. The first-order chi connectivity index (χ1) is 14.9. The summed E-state index contributed by atoms with van der Waals surface area (Å²) in [5.74, 6) is 1.04. The maximum absolute atomic E-state index is 12.7. The first kappa shape index (κ1) is 22.2. The van der Waals surface area contributed by atoms with Gasteiger partial charge < -0.3 is 21.1 Å². The third kappa shape index (κ3) is 6.76. The molecule has 0 spiro atoms. The molecule has 31 heavy (non-hydrogen) atoms. The number of amides is 3. The van der Waals surface area contributed by atoms with Crippen molar-refractivity contribution in [2.24, 2.45) is 5.73 Å². The second-order valence-electron chi connectivity index (χ2n) is 7.10. The Labute approximate surface area is 186 Å². The molecule has 160 valence electrons. The minimum absolute atomic E-state index is 0.0165. The SMILES string of the molecule is CC(NC(=O)CC(NC(N)=O)c1cccc(Oc2ccccc2)c1)c1cccc(Cl)c1. The molecule has 6 nitrogen and oxygen atoms in total. The van der Waals surface area contributed by atoms with E-state index in [4.69, 9.17) is 22.1 Å². The van der Waals surface area contributed by atoms with E-state index in [0.29, 0.717) is 22.1 Å². The van der Waals surface area contributed by atoms with Gasteiger partial charge in [0.15, 0.2) is 0 Å². The van der Waals surface area contributed by atoms with Crippen molar-refractivity contribution in [3.63, 3.8) is 0 Å². The monoisotopic (exact) mass is 437 g/mol. The first-order valence-electron chi connectivity index (χ1n) is 9.84. The van der Waals surface area contributed by atoms with Crippen LogP contribution < -0.4 is 21.1 Å². The van der Waals surface area contributed by atoms with Crippen LogP contribution in [-0.4, -0.2) is 11.9 Å². The summed E-state index contributed by atoms with van der Waals surface area (Å²) in [6, 6.07) is 22.3. The highest BCUT2D eigenvalue weighted by atomic mass is 35.5. The molecule has 0 fully saturated rings. The van der Waals surface area contributed by atoms with Gasteiger partial charge in [0.05, 0.1) is 18.5 Å². The van der Waals surface area contributed by atoms with Crippen LogP contribution in [0.5, 0.6) is 11.5 Å². The van der Waals surface area contributed by atoms with Crippen LogP contribution in [0.25, 0.3) is 0 Å². The van der Waals surface area contributed by atoms with Crippen LogP contribution in [-0.2, 0) is 4.79 Å². The van der Waals surface area contributed by atoms with Gasteiger partial charge >= 0.3 is 6.03 Å². The van der Waals surface area contributed by atoms with E-state index in [2.05, 4.69) is 10.6 Å². The van der Waals surface area contributed by atoms with E-state index < -0.39 is 12.1 Å². The standard InChI is InChI=1S/C24H24ClN3O3/c1-16(17-7-5-9-19(25)13-17)27-23(29)15-22(28-24(26)30)18-8-6-12-21(14-18)31-20-10-3-2-4-11-20/h2-14,16,22H,15H2,1H3,(H,27,29)(H3,26,28,30). The number of ether oxygens (including phenoxy) is 1. The van der Waals surface area contributed by atoms with Crippen LogP contribution in [0.1, 0.15) is 36.6 Å². The lowest BCUT2D eigenvalue weighted by atomic mass is 10.0. The molecule has 7 heteroatoms. The van der Waals surface area contributed by atoms with Crippen molar-refractivity contribution >= 4 is 23.5 Å². The van der Waals surface area contributed by atoms with Gasteiger partial charge in [0.25, 0.3) is 0 Å². The van der Waals surface area contributed by atoms with E-state index in [1.165, 1.54) is 0 Å². The van der Waals surface area contributed by atoms with Gasteiger partial charge in [-0.2, -0.15) is 0 Å². The van der Waals surface area contributed by atoms with Crippen LogP contribution in [0.15, 0.2) is 78.9 Å². The average Bonchev–Trinajstić information content (AvgIpc) is 2.74. The molecule has 0 radical (unpaired) electrons. The Morgan fingerprint density at radius 1 is 0.903 bits per heavy atom. The number of urea groups is 1. The number of primary amides is 1. The minimum atomic E-state index is -0.713. The fourth-order valence-corrected chi connectivity index (χ4v) is 3.39. The van der Waals surface area contributed by atoms with Crippen LogP contribution >= 0.6 is 11.6 Å². The van der Waals surface area contributed by atoms with Gasteiger partial charge in [0.2, 0.25) is 5.91 Å². The van der Waals surface area contributed by atoms with Gasteiger partial charge in [-0.3, -0.25) is 4.79 Å². The molecule has 0 aliphatic rings. The molecule has 3 aromatic carbocycles. The molecular formula is C24H24ClN3O3. The summed E-state index contributed by atoms with van der Waals surface area (Å²) < 4.78 is 5.86. The zero-order valence-electron chi connectivity index (χ0n) is 17.0. The molecule has 0 aliphatic carbocycles. The van der Waals surface area contributed by atoms with Crippen molar-refractivity contribution in [2.45, 2.75) is 25.4 Å². The number of hydrogen-bond donors (Lipinski definition) is 3. The molecule has 0 bridgehead atoms. The molecule has 2 unspecified atom stereocenters. The predicted molar refractivity (Wildman–Crippen MR) is 121 cm³/mol. The Bertz CT molecular complexity index is 1040. The molecule has 0 aliphatic heterocycles. The van der Waals surface area contributed by atoms with E-state index in [-0.39, 0.29) is 18.4 Å². The summed E-state index contributed by atoms with van der Waals surface area (Å²) in [7, 11) is 0. The Morgan fingerprint density at radius 3 is 2.29 bits per heavy atom. The number of hydrogen-bond acceptors (Lipinski definition) is 3. The van der Waals surface area contributed by atoms with E-state index in [0.717, 1.165) is 5.56 Å². The third-order valence-corrected chi connectivity index (χ3v) is 4.91. The highest BCUT2D eigenvalue weighted by molar-refractivity contribution is 6.30. The van der Waals surface area contributed by atoms with Crippen molar-refractivity contribution in [1.29, 1.82) is 0 Å². The highest BCUT2D eigenvalue weighted by Gasteiger charge is 2.20. The predicted octanol–water partition coefficient (Wildman–Crippen LogP) is 5.11. The topological polar surface area (TPSA) is 93.5 Å². The Balaban J connectivity index is 1.72. The van der Waals surface area contributed by atoms with E-state index in [1.54, 1.807) is 30.3 Å². The molecule has 2 atom stereocenters.